The van der Waals surface area contributed by atoms with Gasteiger partial charge in [0.15, 0.2) is 0 Å². The van der Waals surface area contributed by atoms with E-state index in [1.54, 1.807) is 26.8 Å². The fourth-order valence-electron chi connectivity index (χ4n) is 1.13. The predicted molar refractivity (Wildman–Crippen MR) is 66.7 cm³/mol. The van der Waals surface area contributed by atoms with E-state index in [1.807, 2.05) is 0 Å². The number of nitrogens with one attached hydrogen (secondary N) is 1. The van der Waals surface area contributed by atoms with E-state index >= 15 is 0 Å². The van der Waals surface area contributed by atoms with E-state index < -0.39 is 11.7 Å². The Labute approximate surface area is 105 Å². The first-order chi connectivity index (χ1) is 7.81. The number of hydrogen-bond donors (Lipinski definition) is 1. The van der Waals surface area contributed by atoms with Crippen molar-refractivity contribution in [2.24, 2.45) is 0 Å². The molecule has 0 aliphatic carbocycles. The first-order valence-corrected chi connectivity index (χ1v) is 5.44. The topological polar surface area (TPSA) is 55.4 Å². The Morgan fingerprint density at radius 1 is 1.41 bits per heavy atom. The van der Waals surface area contributed by atoms with Gasteiger partial charge in [-0.2, -0.15) is 0 Å². The smallest absolute Gasteiger partial charge is 0.412 e. The van der Waals surface area contributed by atoms with Gasteiger partial charge in [0.05, 0.1) is 10.7 Å². The first-order valence-electron chi connectivity index (χ1n) is 5.06. The lowest BCUT2D eigenvalue weighted by Gasteiger charge is -2.20. The summed E-state index contributed by atoms with van der Waals surface area (Å²) in [6.07, 6.45) is 0.0683. The first kappa shape index (κ1) is 13.5. The van der Waals surface area contributed by atoms with E-state index in [1.165, 1.54) is 12.1 Å². The molecule has 0 spiro atoms. The Kier molecular flexibility index (Phi) is 4.12. The van der Waals surface area contributed by atoms with Gasteiger partial charge in [-0.05, 0) is 32.9 Å². The molecule has 0 saturated heterocycles. The van der Waals surface area contributed by atoms with Crippen molar-refractivity contribution in [2.75, 3.05) is 5.32 Å². The average Bonchev–Trinajstić information content (AvgIpc) is 2.18. The van der Waals surface area contributed by atoms with Gasteiger partial charge in [0.2, 0.25) is 0 Å². The minimum absolute atomic E-state index is 0.349. The average molecular weight is 256 g/mol. The summed E-state index contributed by atoms with van der Waals surface area (Å²) < 4.78 is 5.07. The molecule has 5 heteroatoms. The van der Waals surface area contributed by atoms with Crippen LogP contribution in [0.2, 0.25) is 5.02 Å². The Hall–Kier alpha value is -1.55. The van der Waals surface area contributed by atoms with Crippen molar-refractivity contribution in [1.82, 2.24) is 0 Å². The van der Waals surface area contributed by atoms with Crippen molar-refractivity contribution in [3.05, 3.63) is 28.8 Å². The Morgan fingerprint density at radius 2 is 2.06 bits per heavy atom. The maximum Gasteiger partial charge on any atom is 0.412 e. The van der Waals surface area contributed by atoms with Crippen LogP contribution in [0.4, 0.5) is 10.5 Å². The highest BCUT2D eigenvalue weighted by Crippen LogP contribution is 2.23. The van der Waals surface area contributed by atoms with Crippen molar-refractivity contribution in [1.29, 1.82) is 0 Å². The van der Waals surface area contributed by atoms with Crippen molar-refractivity contribution >= 4 is 29.7 Å². The molecule has 0 aliphatic heterocycles. The highest BCUT2D eigenvalue weighted by atomic mass is 35.5. The van der Waals surface area contributed by atoms with Crippen molar-refractivity contribution in [3.63, 3.8) is 0 Å². The zero-order valence-electron chi connectivity index (χ0n) is 9.91. The van der Waals surface area contributed by atoms with Gasteiger partial charge in [-0.3, -0.25) is 10.1 Å². The highest BCUT2D eigenvalue weighted by Gasteiger charge is 2.17. The van der Waals surface area contributed by atoms with Gasteiger partial charge in [0.1, 0.15) is 11.9 Å². The summed E-state index contributed by atoms with van der Waals surface area (Å²) in [6, 6.07) is 4.59. The van der Waals surface area contributed by atoms with Crippen LogP contribution in [-0.4, -0.2) is 18.0 Å². The molecule has 1 rings (SSSR count). The number of benzene rings is 1. The molecule has 0 saturated carbocycles. The largest absolute Gasteiger partial charge is 0.444 e. The molecule has 0 fully saturated rings. The zero-order valence-corrected chi connectivity index (χ0v) is 10.7. The zero-order chi connectivity index (χ0) is 13.1. The van der Waals surface area contributed by atoms with Gasteiger partial charge < -0.3 is 4.74 Å². The molecule has 0 heterocycles. The molecule has 0 aliphatic rings. The lowest BCUT2D eigenvalue weighted by molar-refractivity contribution is 0.0635. The van der Waals surface area contributed by atoms with Crippen LogP contribution >= 0.6 is 11.6 Å². The van der Waals surface area contributed by atoms with Crippen LogP contribution in [0.15, 0.2) is 18.2 Å². The number of amides is 1. The van der Waals surface area contributed by atoms with E-state index in [-0.39, 0.29) is 0 Å². The minimum Gasteiger partial charge on any atom is -0.444 e. The maximum absolute atomic E-state index is 11.5. The molecule has 1 N–H and O–H groups in total. The van der Waals surface area contributed by atoms with Crippen LogP contribution in [0.5, 0.6) is 0 Å². The molecule has 92 valence electrons. The lowest BCUT2D eigenvalue weighted by Crippen LogP contribution is -2.27. The quantitative estimate of drug-likeness (QED) is 0.823. The standard InChI is InChI=1S/C12H14ClNO3/c1-12(2,3)17-11(16)14-10-6-8(7-15)4-5-9(10)13/h4-7H,1-3H3,(H,14,16). The predicted octanol–water partition coefficient (Wildman–Crippen LogP) is 3.50. The Morgan fingerprint density at radius 3 is 2.59 bits per heavy atom. The number of aldehydes is 1. The monoisotopic (exact) mass is 255 g/mol. The summed E-state index contributed by atoms with van der Waals surface area (Å²) in [7, 11) is 0. The molecule has 17 heavy (non-hydrogen) atoms. The van der Waals surface area contributed by atoms with E-state index in [9.17, 15) is 9.59 Å². The van der Waals surface area contributed by atoms with Crippen LogP contribution < -0.4 is 5.32 Å². The van der Waals surface area contributed by atoms with Gasteiger partial charge in [-0.15, -0.1) is 0 Å². The molecule has 0 unspecified atom stereocenters. The number of ether oxygens (including phenoxy) is 1. The van der Waals surface area contributed by atoms with Crippen molar-refractivity contribution < 1.29 is 14.3 Å². The summed E-state index contributed by atoms with van der Waals surface area (Å²) >= 11 is 5.88. The number of anilines is 1. The summed E-state index contributed by atoms with van der Waals surface area (Å²) in [5, 5.41) is 2.84. The van der Waals surface area contributed by atoms with Gasteiger partial charge in [-0.25, -0.2) is 4.79 Å². The van der Waals surface area contributed by atoms with Gasteiger partial charge >= 0.3 is 6.09 Å². The van der Waals surface area contributed by atoms with E-state index in [4.69, 9.17) is 16.3 Å². The number of halogens is 1. The molecule has 0 aromatic heterocycles. The number of hydrogen-bond acceptors (Lipinski definition) is 3. The second-order valence-electron chi connectivity index (χ2n) is 4.48. The van der Waals surface area contributed by atoms with Crippen molar-refractivity contribution in [2.45, 2.75) is 26.4 Å². The third-order valence-corrected chi connectivity index (χ3v) is 2.09. The van der Waals surface area contributed by atoms with Gasteiger partial charge in [-0.1, -0.05) is 17.7 Å². The highest BCUT2D eigenvalue weighted by molar-refractivity contribution is 6.33. The fourth-order valence-corrected chi connectivity index (χ4v) is 1.29. The van der Waals surface area contributed by atoms with Crippen LogP contribution in [-0.2, 0) is 4.74 Å². The minimum atomic E-state index is -0.609. The van der Waals surface area contributed by atoms with E-state index in [2.05, 4.69) is 5.32 Å². The van der Waals surface area contributed by atoms with Gasteiger partial charge in [0.25, 0.3) is 0 Å². The molecule has 0 bridgehead atoms. The Balaban J connectivity index is 2.81. The van der Waals surface area contributed by atoms with Crippen LogP contribution in [0, 0.1) is 0 Å². The molecule has 1 aromatic rings. The summed E-state index contributed by atoms with van der Waals surface area (Å²) in [5.41, 5.74) is 0.199. The second kappa shape index (κ2) is 5.19. The van der Waals surface area contributed by atoms with Crippen LogP contribution in [0.25, 0.3) is 0 Å². The van der Waals surface area contributed by atoms with Crippen LogP contribution in [0.3, 0.4) is 0 Å². The molecule has 1 aromatic carbocycles. The van der Waals surface area contributed by atoms with E-state index in [0.717, 1.165) is 0 Å². The second-order valence-corrected chi connectivity index (χ2v) is 4.89. The molecule has 0 atom stereocenters. The number of carbonyl (C=O) groups is 2. The summed E-state index contributed by atoms with van der Waals surface area (Å²) in [6.45, 7) is 5.28. The summed E-state index contributed by atoms with van der Waals surface area (Å²) in [5.74, 6) is 0. The van der Waals surface area contributed by atoms with E-state index in [0.29, 0.717) is 22.6 Å². The number of carbonyl (C=O) groups excluding carboxylic acids is 2. The fraction of sp³-hybridized carbons (Fsp3) is 0.333. The third kappa shape index (κ3) is 4.44. The third-order valence-electron chi connectivity index (χ3n) is 1.76. The summed E-state index contributed by atoms with van der Waals surface area (Å²) in [4.78, 5) is 22.1. The molecule has 1 amide bonds. The normalized spacial score (nSPS) is 10.8. The van der Waals surface area contributed by atoms with Gasteiger partial charge in [0, 0.05) is 5.56 Å². The lowest BCUT2D eigenvalue weighted by atomic mass is 10.2. The Bertz CT molecular complexity index is 438. The molecule has 4 nitrogen and oxygen atoms in total. The number of rotatable bonds is 2. The molecule has 0 radical (unpaired) electrons. The molecular formula is C12H14ClNO3. The molecular weight excluding hydrogens is 242 g/mol. The van der Waals surface area contributed by atoms with Crippen LogP contribution in [0.1, 0.15) is 31.1 Å². The SMILES string of the molecule is CC(C)(C)OC(=O)Nc1cc(C=O)ccc1Cl. The maximum atomic E-state index is 11.5. The van der Waals surface area contributed by atoms with Crippen molar-refractivity contribution in [3.8, 4) is 0 Å².